The van der Waals surface area contributed by atoms with Crippen LogP contribution in [0.3, 0.4) is 0 Å². The molecule has 2 aromatic carbocycles. The first kappa shape index (κ1) is 22.2. The summed E-state index contributed by atoms with van der Waals surface area (Å²) in [6.45, 7) is 1.59. The molecule has 5 nitrogen and oxygen atoms in total. The molecule has 0 saturated carbocycles. The first-order valence-electron chi connectivity index (χ1n) is 10.1. The van der Waals surface area contributed by atoms with Crippen molar-refractivity contribution in [3.05, 3.63) is 93.7 Å². The van der Waals surface area contributed by atoms with Crippen LogP contribution in [-0.4, -0.2) is 40.7 Å². The number of carbonyl (C=O) groups is 1. The summed E-state index contributed by atoms with van der Waals surface area (Å²) < 4.78 is 0. The fourth-order valence-electron chi connectivity index (χ4n) is 3.43. The SMILES string of the molecule is NC(=O)c1ccc(CCCN(C[C@@H](O)c2ccccc2)C[C@H](O)c2ccccc2)s1. The number of nitrogens with zero attached hydrogens (tertiary/aromatic N) is 1. The number of aryl methyl sites for hydroxylation is 1. The number of amides is 1. The zero-order valence-corrected chi connectivity index (χ0v) is 17.7. The van der Waals surface area contributed by atoms with E-state index in [1.807, 2.05) is 66.7 Å². The van der Waals surface area contributed by atoms with Gasteiger partial charge in [-0.1, -0.05) is 60.7 Å². The molecule has 1 amide bonds. The Morgan fingerprint density at radius 3 is 1.87 bits per heavy atom. The Morgan fingerprint density at radius 2 is 1.40 bits per heavy atom. The maximum absolute atomic E-state index is 11.3. The fourth-order valence-corrected chi connectivity index (χ4v) is 4.33. The van der Waals surface area contributed by atoms with E-state index < -0.39 is 18.1 Å². The molecule has 6 heteroatoms. The predicted octanol–water partition coefficient (Wildman–Crippen LogP) is 3.55. The molecule has 0 saturated heterocycles. The summed E-state index contributed by atoms with van der Waals surface area (Å²) in [4.78, 5) is 15.0. The van der Waals surface area contributed by atoms with Crippen molar-refractivity contribution in [1.82, 2.24) is 4.90 Å². The topological polar surface area (TPSA) is 86.8 Å². The van der Waals surface area contributed by atoms with Crippen LogP contribution in [0.2, 0.25) is 0 Å². The van der Waals surface area contributed by atoms with E-state index in [4.69, 9.17) is 5.73 Å². The number of benzene rings is 2. The molecule has 0 bridgehead atoms. The van der Waals surface area contributed by atoms with Crippen LogP contribution in [0.4, 0.5) is 0 Å². The van der Waals surface area contributed by atoms with Gasteiger partial charge >= 0.3 is 0 Å². The van der Waals surface area contributed by atoms with Crippen molar-refractivity contribution in [2.24, 2.45) is 5.73 Å². The third-order valence-electron chi connectivity index (χ3n) is 5.03. The standard InChI is InChI=1S/C24H28N2O3S/c25-24(29)23-14-13-20(30-23)12-7-15-26(16-21(27)18-8-3-1-4-9-18)17-22(28)19-10-5-2-6-11-19/h1-6,8-11,13-14,21-22,27-28H,7,12,15-17H2,(H2,25,29)/t21-,22+. The molecule has 0 radical (unpaired) electrons. The largest absolute Gasteiger partial charge is 0.387 e. The van der Waals surface area contributed by atoms with E-state index in [0.717, 1.165) is 35.4 Å². The zero-order chi connectivity index (χ0) is 21.3. The van der Waals surface area contributed by atoms with Crippen LogP contribution in [0.5, 0.6) is 0 Å². The minimum Gasteiger partial charge on any atom is -0.387 e. The molecule has 2 atom stereocenters. The van der Waals surface area contributed by atoms with Gasteiger partial charge in [-0.15, -0.1) is 11.3 Å². The molecule has 3 aromatic rings. The smallest absolute Gasteiger partial charge is 0.258 e. The highest BCUT2D eigenvalue weighted by molar-refractivity contribution is 7.14. The van der Waals surface area contributed by atoms with Crippen molar-refractivity contribution in [1.29, 1.82) is 0 Å². The fraction of sp³-hybridized carbons (Fsp3) is 0.292. The molecular weight excluding hydrogens is 396 g/mol. The summed E-state index contributed by atoms with van der Waals surface area (Å²) in [7, 11) is 0. The van der Waals surface area contributed by atoms with Gasteiger partial charge in [0.15, 0.2) is 0 Å². The minimum atomic E-state index is -0.627. The number of thiophene rings is 1. The molecular formula is C24H28N2O3S. The molecule has 4 N–H and O–H groups in total. The van der Waals surface area contributed by atoms with Gasteiger partial charge < -0.3 is 15.9 Å². The van der Waals surface area contributed by atoms with Crippen LogP contribution >= 0.6 is 11.3 Å². The van der Waals surface area contributed by atoms with Crippen molar-refractivity contribution >= 4 is 17.2 Å². The number of rotatable bonds is 11. The van der Waals surface area contributed by atoms with E-state index in [1.54, 1.807) is 6.07 Å². The number of carbonyl (C=O) groups excluding carboxylic acids is 1. The number of nitrogens with two attached hydrogens (primary N) is 1. The number of aliphatic hydroxyl groups excluding tert-OH is 2. The maximum Gasteiger partial charge on any atom is 0.258 e. The van der Waals surface area contributed by atoms with Crippen LogP contribution in [0.15, 0.2) is 72.8 Å². The van der Waals surface area contributed by atoms with Gasteiger partial charge in [-0.25, -0.2) is 0 Å². The van der Waals surface area contributed by atoms with E-state index in [-0.39, 0.29) is 0 Å². The molecule has 1 aromatic heterocycles. The van der Waals surface area contributed by atoms with Crippen molar-refractivity contribution in [3.8, 4) is 0 Å². The maximum atomic E-state index is 11.3. The van der Waals surface area contributed by atoms with Gasteiger partial charge in [-0.3, -0.25) is 9.69 Å². The minimum absolute atomic E-state index is 0.398. The highest BCUT2D eigenvalue weighted by atomic mass is 32.1. The second-order valence-electron chi connectivity index (χ2n) is 7.35. The van der Waals surface area contributed by atoms with Gasteiger partial charge in [0, 0.05) is 18.0 Å². The molecule has 0 fully saturated rings. The average molecular weight is 425 g/mol. The van der Waals surface area contributed by atoms with Gasteiger partial charge in [-0.05, 0) is 42.6 Å². The van der Waals surface area contributed by atoms with E-state index in [2.05, 4.69) is 4.90 Å². The van der Waals surface area contributed by atoms with Gasteiger partial charge in [0.05, 0.1) is 17.1 Å². The molecule has 0 aliphatic carbocycles. The zero-order valence-electron chi connectivity index (χ0n) is 16.9. The Labute approximate surface area is 181 Å². The summed E-state index contributed by atoms with van der Waals surface area (Å²) in [5.74, 6) is -0.398. The molecule has 0 aliphatic heterocycles. The summed E-state index contributed by atoms with van der Waals surface area (Å²) in [6, 6.07) is 22.8. The van der Waals surface area contributed by atoms with Crippen LogP contribution in [0.1, 0.15) is 44.3 Å². The van der Waals surface area contributed by atoms with Gasteiger partial charge in [0.25, 0.3) is 5.91 Å². The Morgan fingerprint density at radius 1 is 0.867 bits per heavy atom. The molecule has 0 unspecified atom stereocenters. The van der Waals surface area contributed by atoms with Crippen molar-refractivity contribution in [2.45, 2.75) is 25.0 Å². The molecule has 0 aliphatic rings. The van der Waals surface area contributed by atoms with Crippen molar-refractivity contribution in [2.75, 3.05) is 19.6 Å². The summed E-state index contributed by atoms with van der Waals surface area (Å²) in [5.41, 5.74) is 7.06. The quantitative estimate of drug-likeness (QED) is 0.439. The summed E-state index contributed by atoms with van der Waals surface area (Å²) in [5, 5.41) is 21.4. The summed E-state index contributed by atoms with van der Waals surface area (Å²) in [6.07, 6.45) is 0.411. The highest BCUT2D eigenvalue weighted by Gasteiger charge is 2.18. The number of aliphatic hydroxyl groups is 2. The molecule has 3 rings (SSSR count). The highest BCUT2D eigenvalue weighted by Crippen LogP contribution is 2.20. The van der Waals surface area contributed by atoms with Crippen molar-refractivity contribution in [3.63, 3.8) is 0 Å². The van der Waals surface area contributed by atoms with Crippen molar-refractivity contribution < 1.29 is 15.0 Å². The molecule has 30 heavy (non-hydrogen) atoms. The van der Waals surface area contributed by atoms with Gasteiger partial charge in [0.2, 0.25) is 0 Å². The normalized spacial score (nSPS) is 13.3. The lowest BCUT2D eigenvalue weighted by molar-refractivity contribution is 0.0682. The second kappa shape index (κ2) is 11.0. The lowest BCUT2D eigenvalue weighted by Crippen LogP contribution is -2.33. The van der Waals surface area contributed by atoms with E-state index in [0.29, 0.717) is 18.0 Å². The number of primary amides is 1. The summed E-state index contributed by atoms with van der Waals surface area (Å²) >= 11 is 1.42. The van der Waals surface area contributed by atoms with Crippen LogP contribution in [0, 0.1) is 0 Å². The van der Waals surface area contributed by atoms with Gasteiger partial charge in [0.1, 0.15) is 0 Å². The third kappa shape index (κ3) is 6.50. The van der Waals surface area contributed by atoms with Gasteiger partial charge in [-0.2, -0.15) is 0 Å². The second-order valence-corrected chi connectivity index (χ2v) is 8.51. The number of hydrogen-bond donors (Lipinski definition) is 3. The Balaban J connectivity index is 1.62. The predicted molar refractivity (Wildman–Crippen MR) is 120 cm³/mol. The Kier molecular flexibility index (Phi) is 8.16. The lowest BCUT2D eigenvalue weighted by Gasteiger charge is -2.27. The van der Waals surface area contributed by atoms with E-state index in [9.17, 15) is 15.0 Å². The van der Waals surface area contributed by atoms with Crippen LogP contribution < -0.4 is 5.73 Å². The molecule has 1 heterocycles. The lowest BCUT2D eigenvalue weighted by atomic mass is 10.1. The monoisotopic (exact) mass is 424 g/mol. The Bertz CT molecular complexity index is 867. The van der Waals surface area contributed by atoms with E-state index >= 15 is 0 Å². The Hall–Kier alpha value is -2.51. The molecule has 0 spiro atoms. The molecule has 158 valence electrons. The average Bonchev–Trinajstić information content (AvgIpc) is 3.24. The first-order chi connectivity index (χ1) is 14.5. The number of hydrogen-bond acceptors (Lipinski definition) is 5. The first-order valence-corrected chi connectivity index (χ1v) is 10.9. The van der Waals surface area contributed by atoms with Crippen LogP contribution in [-0.2, 0) is 6.42 Å². The van der Waals surface area contributed by atoms with E-state index in [1.165, 1.54) is 11.3 Å². The third-order valence-corrected chi connectivity index (χ3v) is 6.19. The van der Waals surface area contributed by atoms with Crippen LogP contribution in [0.25, 0.3) is 0 Å².